The summed E-state index contributed by atoms with van der Waals surface area (Å²) in [6.45, 7) is 2.57. The summed E-state index contributed by atoms with van der Waals surface area (Å²) in [7, 11) is 0. The first-order valence-corrected chi connectivity index (χ1v) is 12.2. The number of nitrogens with zero attached hydrogens (tertiary/aromatic N) is 1. The molecule has 1 amide bonds. The number of aromatic carboxylic acids is 1. The average Bonchev–Trinajstić information content (AvgIpc) is 3.52. The van der Waals surface area contributed by atoms with Gasteiger partial charge in [-0.2, -0.15) is 0 Å². The zero-order valence-corrected chi connectivity index (χ0v) is 20.0. The first kappa shape index (κ1) is 22.6. The number of hydrogen-bond donors (Lipinski definition) is 2. The lowest BCUT2D eigenvalue weighted by Gasteiger charge is -2.16. The number of para-hydroxylation sites is 1. The van der Waals surface area contributed by atoms with Crippen LogP contribution in [0.15, 0.2) is 96.5 Å². The molecule has 5 aromatic rings. The van der Waals surface area contributed by atoms with E-state index in [0.717, 1.165) is 16.5 Å². The largest absolute Gasteiger partial charge is 0.478 e. The normalized spacial score (nSPS) is 11.9. The number of rotatable bonds is 7. The van der Waals surface area contributed by atoms with Crippen molar-refractivity contribution in [1.82, 2.24) is 9.88 Å². The van der Waals surface area contributed by atoms with Crippen LogP contribution in [0.1, 0.15) is 44.1 Å². The van der Waals surface area contributed by atoms with E-state index in [2.05, 4.69) is 33.5 Å². The highest BCUT2D eigenvalue weighted by atomic mass is 32.1. The summed E-state index contributed by atoms with van der Waals surface area (Å²) in [6.07, 6.45) is 2.03. The number of benzene rings is 3. The van der Waals surface area contributed by atoms with Gasteiger partial charge >= 0.3 is 5.97 Å². The smallest absolute Gasteiger partial charge is 0.335 e. The molecule has 0 saturated heterocycles. The molecule has 0 radical (unpaired) electrons. The predicted octanol–water partition coefficient (Wildman–Crippen LogP) is 6.61. The molecule has 35 heavy (non-hydrogen) atoms. The van der Waals surface area contributed by atoms with E-state index in [9.17, 15) is 9.59 Å². The number of carboxylic acid groups (broad SMARTS) is 1. The molecule has 0 spiro atoms. The summed E-state index contributed by atoms with van der Waals surface area (Å²) < 4.78 is 2.12. The molecule has 2 aromatic heterocycles. The van der Waals surface area contributed by atoms with Crippen LogP contribution in [0.4, 0.5) is 0 Å². The molecule has 0 fully saturated rings. The first-order valence-electron chi connectivity index (χ1n) is 11.3. The zero-order chi connectivity index (χ0) is 24.4. The van der Waals surface area contributed by atoms with Gasteiger partial charge in [0.2, 0.25) is 0 Å². The number of nitrogens with one attached hydrogen (secondary N) is 1. The van der Waals surface area contributed by atoms with Gasteiger partial charge in [0, 0.05) is 16.5 Å². The molecule has 1 atom stereocenters. The van der Waals surface area contributed by atoms with Crippen molar-refractivity contribution in [2.24, 2.45) is 0 Å². The number of amides is 1. The third kappa shape index (κ3) is 4.74. The predicted molar refractivity (Wildman–Crippen MR) is 140 cm³/mol. The van der Waals surface area contributed by atoms with Crippen molar-refractivity contribution >= 4 is 34.1 Å². The van der Waals surface area contributed by atoms with Crippen LogP contribution in [0.2, 0.25) is 0 Å². The van der Waals surface area contributed by atoms with Gasteiger partial charge in [0.15, 0.2) is 0 Å². The second kappa shape index (κ2) is 9.60. The van der Waals surface area contributed by atoms with Crippen LogP contribution in [-0.2, 0) is 6.54 Å². The fraction of sp³-hybridized carbons (Fsp3) is 0.103. The fourth-order valence-corrected chi connectivity index (χ4v) is 5.15. The van der Waals surface area contributed by atoms with E-state index < -0.39 is 5.97 Å². The zero-order valence-electron chi connectivity index (χ0n) is 19.1. The van der Waals surface area contributed by atoms with Crippen LogP contribution in [0.3, 0.4) is 0 Å². The first-order chi connectivity index (χ1) is 17.0. The minimum atomic E-state index is -0.970. The minimum absolute atomic E-state index is 0.165. The number of carbonyl (C=O) groups is 2. The van der Waals surface area contributed by atoms with Gasteiger partial charge in [-0.25, -0.2) is 4.79 Å². The number of thiophene rings is 1. The number of aromatic nitrogens is 1. The molecular weight excluding hydrogens is 456 g/mol. The summed E-state index contributed by atoms with van der Waals surface area (Å²) in [5.41, 5.74) is 4.96. The molecule has 2 N–H and O–H groups in total. The van der Waals surface area contributed by atoms with E-state index in [1.807, 2.05) is 55.6 Å². The molecular formula is C29H24N2O3S. The van der Waals surface area contributed by atoms with Gasteiger partial charge < -0.3 is 15.0 Å². The van der Waals surface area contributed by atoms with Crippen molar-refractivity contribution in [3.8, 4) is 11.1 Å². The maximum Gasteiger partial charge on any atom is 0.335 e. The van der Waals surface area contributed by atoms with E-state index in [0.29, 0.717) is 12.1 Å². The van der Waals surface area contributed by atoms with Crippen molar-refractivity contribution in [1.29, 1.82) is 0 Å². The number of hydrogen-bond acceptors (Lipinski definition) is 3. The summed E-state index contributed by atoms with van der Waals surface area (Å²) in [6, 6.07) is 26.6. The molecule has 3 aromatic carbocycles. The van der Waals surface area contributed by atoms with E-state index in [-0.39, 0.29) is 17.5 Å². The van der Waals surface area contributed by atoms with Gasteiger partial charge in [-0.05, 0) is 59.3 Å². The Morgan fingerprint density at radius 2 is 1.71 bits per heavy atom. The molecule has 5 nitrogen and oxygen atoms in total. The molecule has 6 heteroatoms. The Morgan fingerprint density at radius 3 is 2.46 bits per heavy atom. The van der Waals surface area contributed by atoms with Crippen LogP contribution >= 0.6 is 11.3 Å². The molecule has 0 saturated carbocycles. The Morgan fingerprint density at radius 1 is 0.943 bits per heavy atom. The van der Waals surface area contributed by atoms with Gasteiger partial charge in [-0.1, -0.05) is 54.6 Å². The summed E-state index contributed by atoms with van der Waals surface area (Å²) in [5, 5.41) is 15.3. The second-order valence-corrected chi connectivity index (χ2v) is 9.47. The highest BCUT2D eigenvalue weighted by Gasteiger charge is 2.17. The van der Waals surface area contributed by atoms with Crippen molar-refractivity contribution < 1.29 is 14.7 Å². The number of carbonyl (C=O) groups excluding carboxylic acids is 1. The molecule has 0 bridgehead atoms. The fourth-order valence-electron chi connectivity index (χ4n) is 4.26. The SMILES string of the molecule is C[C@H](NC(=O)c1cccc2ccn(Cc3cc(-c4ccccc4)cs3)c12)c1ccc(C(=O)O)cc1. The van der Waals surface area contributed by atoms with Gasteiger partial charge in [0.25, 0.3) is 5.91 Å². The van der Waals surface area contributed by atoms with Gasteiger partial charge in [-0.3, -0.25) is 4.79 Å². The van der Waals surface area contributed by atoms with Crippen LogP contribution < -0.4 is 5.32 Å². The Labute approximate surface area is 207 Å². The highest BCUT2D eigenvalue weighted by molar-refractivity contribution is 7.10. The monoisotopic (exact) mass is 480 g/mol. The Kier molecular flexibility index (Phi) is 6.21. The Bertz CT molecular complexity index is 1500. The van der Waals surface area contributed by atoms with Gasteiger partial charge in [0.1, 0.15) is 0 Å². The number of carboxylic acids is 1. The third-order valence-electron chi connectivity index (χ3n) is 6.13. The third-order valence-corrected chi connectivity index (χ3v) is 7.05. The number of fused-ring (bicyclic) bond motifs is 1. The maximum absolute atomic E-state index is 13.3. The summed E-state index contributed by atoms with van der Waals surface area (Å²) in [5.74, 6) is -1.14. The van der Waals surface area contributed by atoms with Crippen LogP contribution in [0, 0.1) is 0 Å². The molecule has 0 aliphatic rings. The van der Waals surface area contributed by atoms with Crippen LogP contribution in [-0.4, -0.2) is 21.6 Å². The van der Waals surface area contributed by atoms with Crippen molar-refractivity contribution in [2.45, 2.75) is 19.5 Å². The molecule has 5 rings (SSSR count). The van der Waals surface area contributed by atoms with Gasteiger partial charge in [0.05, 0.1) is 29.2 Å². The topological polar surface area (TPSA) is 71.3 Å². The van der Waals surface area contributed by atoms with E-state index in [1.54, 1.807) is 35.6 Å². The van der Waals surface area contributed by atoms with E-state index in [1.165, 1.54) is 16.0 Å². The van der Waals surface area contributed by atoms with Crippen LogP contribution in [0.5, 0.6) is 0 Å². The van der Waals surface area contributed by atoms with Crippen molar-refractivity contribution in [3.63, 3.8) is 0 Å². The minimum Gasteiger partial charge on any atom is -0.478 e. The lowest BCUT2D eigenvalue weighted by molar-refractivity contribution is 0.0696. The molecule has 0 unspecified atom stereocenters. The molecule has 174 valence electrons. The summed E-state index contributed by atoms with van der Waals surface area (Å²) in [4.78, 5) is 25.6. The molecule has 0 aliphatic heterocycles. The van der Waals surface area contributed by atoms with Crippen molar-refractivity contribution in [2.75, 3.05) is 0 Å². The summed E-state index contributed by atoms with van der Waals surface area (Å²) >= 11 is 1.71. The average molecular weight is 481 g/mol. The molecule has 0 aliphatic carbocycles. The van der Waals surface area contributed by atoms with Crippen LogP contribution in [0.25, 0.3) is 22.0 Å². The van der Waals surface area contributed by atoms with Crippen molar-refractivity contribution in [3.05, 3.63) is 118 Å². The Hall–Kier alpha value is -4.16. The Balaban J connectivity index is 1.38. The van der Waals surface area contributed by atoms with Gasteiger partial charge in [-0.15, -0.1) is 11.3 Å². The van der Waals surface area contributed by atoms with E-state index in [4.69, 9.17) is 5.11 Å². The lowest BCUT2D eigenvalue weighted by Crippen LogP contribution is -2.27. The second-order valence-electron chi connectivity index (χ2n) is 8.48. The molecule has 2 heterocycles. The lowest BCUT2D eigenvalue weighted by atomic mass is 10.0. The maximum atomic E-state index is 13.3. The quantitative estimate of drug-likeness (QED) is 0.275. The highest BCUT2D eigenvalue weighted by Crippen LogP contribution is 2.28. The van der Waals surface area contributed by atoms with E-state index >= 15 is 0 Å². The standard InChI is InChI=1S/C29H24N2O3S/c1-19(20-10-12-23(13-11-20)29(33)34)30-28(32)26-9-5-8-22-14-15-31(27(22)26)17-25-16-24(18-35-25)21-6-3-2-4-7-21/h2-16,18-19H,17H2,1H3,(H,30,32)(H,33,34)/t19-/m0/s1.